The molecule has 2 rings (SSSR count). The topological polar surface area (TPSA) is 21.3 Å². The number of rotatable bonds is 8. The van der Waals surface area contributed by atoms with Crippen LogP contribution in [0, 0.1) is 5.92 Å². The summed E-state index contributed by atoms with van der Waals surface area (Å²) in [5.74, 6) is 1.86. The summed E-state index contributed by atoms with van der Waals surface area (Å²) in [6, 6.07) is 6.28. The van der Waals surface area contributed by atoms with Crippen molar-refractivity contribution in [1.29, 1.82) is 0 Å². The van der Waals surface area contributed by atoms with Crippen LogP contribution in [0.5, 0.6) is 5.75 Å². The lowest BCUT2D eigenvalue weighted by molar-refractivity contribution is 0.378. The van der Waals surface area contributed by atoms with E-state index in [1.165, 1.54) is 44.1 Å². The molecule has 0 aliphatic heterocycles. The molecule has 0 amide bonds. The molecule has 1 N–H and O–H groups in total. The molecule has 0 spiro atoms. The maximum atomic E-state index is 6.20. The van der Waals surface area contributed by atoms with Crippen molar-refractivity contribution in [3.8, 4) is 5.75 Å². The van der Waals surface area contributed by atoms with Crippen molar-refractivity contribution in [3.05, 3.63) is 28.8 Å². The third-order valence-corrected chi connectivity index (χ3v) is 4.78. The van der Waals surface area contributed by atoms with Crippen LogP contribution in [0.3, 0.4) is 0 Å². The summed E-state index contributed by atoms with van der Waals surface area (Å²) in [5, 5.41) is 4.46. The Morgan fingerprint density at radius 3 is 2.76 bits per heavy atom. The third-order valence-electron chi connectivity index (χ3n) is 4.55. The summed E-state index contributed by atoms with van der Waals surface area (Å²) in [6.45, 7) is 3.24. The normalized spacial score (nSPS) is 17.1. The zero-order valence-electron chi connectivity index (χ0n) is 13.3. The van der Waals surface area contributed by atoms with Gasteiger partial charge in [0.05, 0.1) is 7.11 Å². The summed E-state index contributed by atoms with van der Waals surface area (Å²) < 4.78 is 5.53. The fourth-order valence-electron chi connectivity index (χ4n) is 3.37. The van der Waals surface area contributed by atoms with E-state index in [0.29, 0.717) is 6.04 Å². The molecule has 0 bridgehead atoms. The summed E-state index contributed by atoms with van der Waals surface area (Å²) in [6.07, 6.45) is 9.26. The standard InChI is InChI=1S/C18H28ClNO/c1-3-12-20-17(10-8-14-6-4-5-7-14)16-13-15(19)9-11-18(16)21-2/h9,11,13-14,17,20H,3-8,10,12H2,1-2H3. The van der Waals surface area contributed by atoms with E-state index in [0.717, 1.165) is 29.7 Å². The van der Waals surface area contributed by atoms with Crippen molar-refractivity contribution in [1.82, 2.24) is 5.32 Å². The summed E-state index contributed by atoms with van der Waals surface area (Å²) >= 11 is 6.20. The van der Waals surface area contributed by atoms with Gasteiger partial charge in [-0.25, -0.2) is 0 Å². The minimum absolute atomic E-state index is 0.346. The van der Waals surface area contributed by atoms with E-state index in [1.807, 2.05) is 12.1 Å². The lowest BCUT2D eigenvalue weighted by atomic mass is 9.94. The number of hydrogen-bond donors (Lipinski definition) is 1. The summed E-state index contributed by atoms with van der Waals surface area (Å²) in [4.78, 5) is 0. The van der Waals surface area contributed by atoms with E-state index in [9.17, 15) is 0 Å². The molecule has 1 fully saturated rings. The van der Waals surface area contributed by atoms with Gasteiger partial charge in [-0.05, 0) is 49.9 Å². The maximum absolute atomic E-state index is 6.20. The van der Waals surface area contributed by atoms with Gasteiger partial charge in [0.25, 0.3) is 0 Å². The number of hydrogen-bond acceptors (Lipinski definition) is 2. The average Bonchev–Trinajstić information content (AvgIpc) is 3.01. The predicted molar refractivity (Wildman–Crippen MR) is 90.2 cm³/mol. The Hall–Kier alpha value is -0.730. The largest absolute Gasteiger partial charge is 0.496 e. The van der Waals surface area contributed by atoms with Crippen LogP contribution in [0.1, 0.15) is 63.5 Å². The minimum Gasteiger partial charge on any atom is -0.496 e. The van der Waals surface area contributed by atoms with E-state index in [2.05, 4.69) is 18.3 Å². The van der Waals surface area contributed by atoms with Gasteiger partial charge in [-0.1, -0.05) is 44.2 Å². The fourth-order valence-corrected chi connectivity index (χ4v) is 3.55. The van der Waals surface area contributed by atoms with E-state index in [4.69, 9.17) is 16.3 Å². The molecule has 1 saturated carbocycles. The molecular formula is C18H28ClNO. The molecule has 1 aliphatic rings. The van der Waals surface area contributed by atoms with Gasteiger partial charge in [0.2, 0.25) is 0 Å². The zero-order valence-corrected chi connectivity index (χ0v) is 14.1. The van der Waals surface area contributed by atoms with E-state index >= 15 is 0 Å². The molecule has 1 aliphatic carbocycles. The molecule has 1 aromatic carbocycles. The Morgan fingerprint density at radius 2 is 2.10 bits per heavy atom. The first kappa shape index (κ1) is 16.6. The lowest BCUT2D eigenvalue weighted by Crippen LogP contribution is -2.23. The quantitative estimate of drug-likeness (QED) is 0.698. The molecule has 21 heavy (non-hydrogen) atoms. The minimum atomic E-state index is 0.346. The highest BCUT2D eigenvalue weighted by Crippen LogP contribution is 2.35. The van der Waals surface area contributed by atoms with Crippen LogP contribution in [0.15, 0.2) is 18.2 Å². The first-order valence-electron chi connectivity index (χ1n) is 8.31. The molecule has 1 unspecified atom stereocenters. The molecule has 0 saturated heterocycles. The molecule has 0 radical (unpaired) electrons. The van der Waals surface area contributed by atoms with E-state index in [-0.39, 0.29) is 0 Å². The second-order valence-electron chi connectivity index (χ2n) is 6.12. The van der Waals surface area contributed by atoms with Crippen molar-refractivity contribution in [2.75, 3.05) is 13.7 Å². The molecule has 3 heteroatoms. The van der Waals surface area contributed by atoms with Crippen LogP contribution in [0.4, 0.5) is 0 Å². The van der Waals surface area contributed by atoms with Crippen LogP contribution >= 0.6 is 11.6 Å². The smallest absolute Gasteiger partial charge is 0.123 e. The molecule has 118 valence electrons. The highest BCUT2D eigenvalue weighted by atomic mass is 35.5. The zero-order chi connectivity index (χ0) is 15.1. The van der Waals surface area contributed by atoms with Crippen LogP contribution in [-0.2, 0) is 0 Å². The average molecular weight is 310 g/mol. The van der Waals surface area contributed by atoms with Gasteiger partial charge in [-0.15, -0.1) is 0 Å². The van der Waals surface area contributed by atoms with Crippen LogP contribution < -0.4 is 10.1 Å². The highest BCUT2D eigenvalue weighted by Gasteiger charge is 2.20. The molecule has 0 aromatic heterocycles. The molecular weight excluding hydrogens is 282 g/mol. The van der Waals surface area contributed by atoms with Gasteiger partial charge in [-0.3, -0.25) is 0 Å². The molecule has 1 aromatic rings. The van der Waals surface area contributed by atoms with E-state index in [1.54, 1.807) is 7.11 Å². The Morgan fingerprint density at radius 1 is 1.33 bits per heavy atom. The van der Waals surface area contributed by atoms with Gasteiger partial charge in [0.15, 0.2) is 0 Å². The van der Waals surface area contributed by atoms with Crippen LogP contribution in [-0.4, -0.2) is 13.7 Å². The summed E-state index contributed by atoms with van der Waals surface area (Å²) in [7, 11) is 1.74. The van der Waals surface area contributed by atoms with Crippen molar-refractivity contribution in [2.45, 2.75) is 57.9 Å². The van der Waals surface area contributed by atoms with Gasteiger partial charge in [-0.2, -0.15) is 0 Å². The van der Waals surface area contributed by atoms with Crippen LogP contribution in [0.25, 0.3) is 0 Å². The Labute approximate surface area is 134 Å². The Balaban J connectivity index is 2.08. The number of benzene rings is 1. The second kappa shape index (κ2) is 8.65. The molecule has 1 atom stereocenters. The van der Waals surface area contributed by atoms with Crippen LogP contribution in [0.2, 0.25) is 5.02 Å². The van der Waals surface area contributed by atoms with Crippen molar-refractivity contribution in [2.24, 2.45) is 5.92 Å². The Kier molecular flexibility index (Phi) is 6.85. The van der Waals surface area contributed by atoms with Gasteiger partial charge in [0, 0.05) is 16.6 Å². The Bertz CT molecular complexity index is 429. The van der Waals surface area contributed by atoms with Gasteiger partial charge in [0.1, 0.15) is 5.75 Å². The number of methoxy groups -OCH3 is 1. The van der Waals surface area contributed by atoms with Crippen molar-refractivity contribution in [3.63, 3.8) is 0 Å². The number of nitrogens with one attached hydrogen (secondary N) is 1. The predicted octanol–water partition coefficient (Wildman–Crippen LogP) is 5.36. The third kappa shape index (κ3) is 4.89. The monoisotopic (exact) mass is 309 g/mol. The number of ether oxygens (including phenoxy) is 1. The number of halogens is 1. The van der Waals surface area contributed by atoms with Crippen molar-refractivity contribution >= 4 is 11.6 Å². The molecule has 2 nitrogen and oxygen atoms in total. The highest BCUT2D eigenvalue weighted by molar-refractivity contribution is 6.30. The SMILES string of the molecule is CCCNC(CCC1CCCC1)c1cc(Cl)ccc1OC. The van der Waals surface area contributed by atoms with Crippen molar-refractivity contribution < 1.29 is 4.74 Å². The van der Waals surface area contributed by atoms with E-state index < -0.39 is 0 Å². The fraction of sp³-hybridized carbons (Fsp3) is 0.667. The van der Waals surface area contributed by atoms with Gasteiger partial charge < -0.3 is 10.1 Å². The summed E-state index contributed by atoms with van der Waals surface area (Å²) in [5.41, 5.74) is 1.21. The second-order valence-corrected chi connectivity index (χ2v) is 6.56. The first-order chi connectivity index (χ1) is 10.2. The molecule has 0 heterocycles. The lowest BCUT2D eigenvalue weighted by Gasteiger charge is -2.23. The van der Waals surface area contributed by atoms with Gasteiger partial charge >= 0.3 is 0 Å². The maximum Gasteiger partial charge on any atom is 0.123 e. The first-order valence-corrected chi connectivity index (χ1v) is 8.69.